The highest BCUT2D eigenvalue weighted by Crippen LogP contribution is 2.22. The predicted molar refractivity (Wildman–Crippen MR) is 96.3 cm³/mol. The van der Waals surface area contributed by atoms with Gasteiger partial charge >= 0.3 is 0 Å². The first-order valence-electron chi connectivity index (χ1n) is 8.34. The number of nitrogens with one attached hydrogen (secondary N) is 2. The average Bonchev–Trinajstić information content (AvgIpc) is 3.29. The molecule has 8 nitrogen and oxygen atoms in total. The van der Waals surface area contributed by atoms with Crippen molar-refractivity contribution in [1.29, 1.82) is 0 Å². The number of fused-ring (bicyclic) bond motifs is 1. The van der Waals surface area contributed by atoms with Crippen LogP contribution < -0.4 is 0 Å². The SMILES string of the molecule is Cc1nc2ccc(S(=O)(=O)N3CCN(C(=O)c4ccc[nH]4)CC3)cc2[nH]1. The van der Waals surface area contributed by atoms with Crippen LogP contribution in [0.3, 0.4) is 0 Å². The Balaban J connectivity index is 1.51. The minimum Gasteiger partial charge on any atom is -0.357 e. The topological polar surface area (TPSA) is 102 Å². The van der Waals surface area contributed by atoms with Crippen LogP contribution in [0.15, 0.2) is 41.4 Å². The lowest BCUT2D eigenvalue weighted by atomic mass is 10.3. The second-order valence-corrected chi connectivity index (χ2v) is 8.22. The lowest BCUT2D eigenvalue weighted by molar-refractivity contribution is 0.0692. The van der Waals surface area contributed by atoms with Crippen molar-refractivity contribution in [3.05, 3.63) is 48.0 Å². The summed E-state index contributed by atoms with van der Waals surface area (Å²) in [5, 5.41) is 0. The molecule has 1 aliphatic rings. The van der Waals surface area contributed by atoms with Crippen molar-refractivity contribution >= 4 is 27.0 Å². The molecule has 9 heteroatoms. The molecule has 2 N–H and O–H groups in total. The van der Waals surface area contributed by atoms with Crippen LogP contribution in [0.1, 0.15) is 16.3 Å². The van der Waals surface area contributed by atoms with E-state index in [1.165, 1.54) is 4.31 Å². The van der Waals surface area contributed by atoms with Crippen molar-refractivity contribution < 1.29 is 13.2 Å². The third kappa shape index (κ3) is 2.89. The van der Waals surface area contributed by atoms with Gasteiger partial charge in [0, 0.05) is 32.4 Å². The maximum absolute atomic E-state index is 12.9. The first kappa shape index (κ1) is 16.8. The number of amides is 1. The van der Waals surface area contributed by atoms with Crippen molar-refractivity contribution in [2.75, 3.05) is 26.2 Å². The molecule has 136 valence electrons. The molecule has 1 fully saturated rings. The van der Waals surface area contributed by atoms with Gasteiger partial charge in [0.05, 0.1) is 15.9 Å². The number of piperazine rings is 1. The molecule has 26 heavy (non-hydrogen) atoms. The van der Waals surface area contributed by atoms with E-state index >= 15 is 0 Å². The Morgan fingerprint density at radius 2 is 1.92 bits per heavy atom. The molecule has 0 radical (unpaired) electrons. The van der Waals surface area contributed by atoms with Gasteiger partial charge in [0.1, 0.15) is 11.5 Å². The van der Waals surface area contributed by atoms with Crippen LogP contribution in [0.4, 0.5) is 0 Å². The summed E-state index contributed by atoms with van der Waals surface area (Å²) >= 11 is 0. The number of hydrogen-bond donors (Lipinski definition) is 2. The van der Waals surface area contributed by atoms with Crippen molar-refractivity contribution in [2.45, 2.75) is 11.8 Å². The number of benzene rings is 1. The number of nitrogens with zero attached hydrogens (tertiary/aromatic N) is 3. The highest BCUT2D eigenvalue weighted by atomic mass is 32.2. The zero-order valence-electron chi connectivity index (χ0n) is 14.3. The Kier molecular flexibility index (Phi) is 4.04. The number of H-pyrrole nitrogens is 2. The maximum atomic E-state index is 12.9. The monoisotopic (exact) mass is 373 g/mol. The quantitative estimate of drug-likeness (QED) is 0.723. The molecule has 3 aromatic rings. The van der Waals surface area contributed by atoms with E-state index in [4.69, 9.17) is 0 Å². The van der Waals surface area contributed by atoms with E-state index in [9.17, 15) is 13.2 Å². The third-order valence-corrected chi connectivity index (χ3v) is 6.46. The number of imidazole rings is 1. The third-order valence-electron chi connectivity index (χ3n) is 4.56. The largest absolute Gasteiger partial charge is 0.357 e. The molecule has 1 aromatic carbocycles. The summed E-state index contributed by atoms with van der Waals surface area (Å²) in [5.41, 5.74) is 1.95. The van der Waals surface area contributed by atoms with E-state index in [1.54, 1.807) is 41.4 Å². The van der Waals surface area contributed by atoms with Gasteiger partial charge in [0.2, 0.25) is 10.0 Å². The van der Waals surface area contributed by atoms with Gasteiger partial charge < -0.3 is 14.9 Å². The summed E-state index contributed by atoms with van der Waals surface area (Å²) < 4.78 is 27.3. The predicted octanol–water partition coefficient (Wildman–Crippen LogP) is 1.35. The summed E-state index contributed by atoms with van der Waals surface area (Å²) in [5.74, 6) is 0.632. The molecule has 0 saturated carbocycles. The van der Waals surface area contributed by atoms with E-state index in [1.807, 2.05) is 6.92 Å². The smallest absolute Gasteiger partial charge is 0.270 e. The minimum atomic E-state index is -3.61. The van der Waals surface area contributed by atoms with Crippen molar-refractivity contribution in [3.63, 3.8) is 0 Å². The molecular formula is C17H19N5O3S. The van der Waals surface area contributed by atoms with Gasteiger partial charge in [-0.3, -0.25) is 4.79 Å². The number of hydrogen-bond acceptors (Lipinski definition) is 4. The molecule has 0 aliphatic carbocycles. The number of aromatic amines is 2. The summed E-state index contributed by atoms with van der Waals surface area (Å²) in [6, 6.07) is 8.38. The molecule has 1 aliphatic heterocycles. The lowest BCUT2D eigenvalue weighted by Crippen LogP contribution is -2.50. The van der Waals surface area contributed by atoms with Gasteiger partial charge in [-0.15, -0.1) is 0 Å². The lowest BCUT2D eigenvalue weighted by Gasteiger charge is -2.33. The fourth-order valence-electron chi connectivity index (χ4n) is 3.19. The molecular weight excluding hydrogens is 354 g/mol. The Bertz CT molecular complexity index is 1050. The number of aromatic nitrogens is 3. The van der Waals surface area contributed by atoms with Gasteiger partial charge in [-0.25, -0.2) is 13.4 Å². The van der Waals surface area contributed by atoms with E-state index in [0.29, 0.717) is 24.3 Å². The number of aryl methyl sites for hydroxylation is 1. The Labute approximate surface area is 150 Å². The van der Waals surface area contributed by atoms with Crippen molar-refractivity contribution in [2.24, 2.45) is 0 Å². The van der Waals surface area contributed by atoms with Crippen molar-refractivity contribution in [3.8, 4) is 0 Å². The van der Waals surface area contributed by atoms with E-state index < -0.39 is 10.0 Å². The highest BCUT2D eigenvalue weighted by Gasteiger charge is 2.30. The standard InChI is InChI=1S/C17H19N5O3S/c1-12-19-14-5-4-13(11-16(14)20-12)26(24,25)22-9-7-21(8-10-22)17(23)15-3-2-6-18-15/h2-6,11,18H,7-10H2,1H3,(H,19,20). The fraction of sp³-hybridized carbons (Fsp3) is 0.294. The summed E-state index contributed by atoms with van der Waals surface area (Å²) in [6.45, 7) is 3.10. The van der Waals surface area contributed by atoms with E-state index in [0.717, 1.165) is 11.3 Å². The number of sulfonamides is 1. The summed E-state index contributed by atoms with van der Waals surface area (Å²) in [6.07, 6.45) is 1.70. The van der Waals surface area contributed by atoms with Crippen LogP contribution in [-0.2, 0) is 10.0 Å². The molecule has 3 heterocycles. The minimum absolute atomic E-state index is 0.110. The van der Waals surface area contributed by atoms with Crippen LogP contribution in [0.5, 0.6) is 0 Å². The second-order valence-electron chi connectivity index (χ2n) is 6.28. The number of rotatable bonds is 3. The number of carbonyl (C=O) groups is 1. The van der Waals surface area contributed by atoms with Crippen LogP contribution in [-0.4, -0.2) is 64.7 Å². The summed E-state index contributed by atoms with van der Waals surface area (Å²) in [7, 11) is -3.61. The molecule has 1 amide bonds. The van der Waals surface area contributed by atoms with Crippen LogP contribution >= 0.6 is 0 Å². The normalized spacial score (nSPS) is 16.3. The first-order valence-corrected chi connectivity index (χ1v) is 9.78. The van der Waals surface area contributed by atoms with Gasteiger partial charge in [0.15, 0.2) is 0 Å². The Hall–Kier alpha value is -2.65. The molecule has 0 atom stereocenters. The van der Waals surface area contributed by atoms with Crippen LogP contribution in [0.2, 0.25) is 0 Å². The second kappa shape index (κ2) is 6.26. The van der Waals surface area contributed by atoms with Gasteiger partial charge in [0.25, 0.3) is 5.91 Å². The van der Waals surface area contributed by atoms with Gasteiger partial charge in [-0.05, 0) is 37.3 Å². The van der Waals surface area contributed by atoms with E-state index in [2.05, 4.69) is 15.0 Å². The molecule has 1 saturated heterocycles. The maximum Gasteiger partial charge on any atom is 0.270 e. The van der Waals surface area contributed by atoms with Crippen LogP contribution in [0.25, 0.3) is 11.0 Å². The van der Waals surface area contributed by atoms with Crippen LogP contribution in [0, 0.1) is 6.92 Å². The Morgan fingerprint density at radius 3 is 2.62 bits per heavy atom. The van der Waals surface area contributed by atoms with Gasteiger partial charge in [-0.2, -0.15) is 4.31 Å². The number of carbonyl (C=O) groups excluding carboxylic acids is 1. The van der Waals surface area contributed by atoms with E-state index in [-0.39, 0.29) is 23.9 Å². The molecule has 0 spiro atoms. The zero-order chi connectivity index (χ0) is 18.3. The highest BCUT2D eigenvalue weighted by molar-refractivity contribution is 7.89. The average molecular weight is 373 g/mol. The van der Waals surface area contributed by atoms with Gasteiger partial charge in [-0.1, -0.05) is 0 Å². The van der Waals surface area contributed by atoms with Crippen molar-refractivity contribution in [1.82, 2.24) is 24.2 Å². The molecule has 0 bridgehead atoms. The fourth-order valence-corrected chi connectivity index (χ4v) is 4.64. The first-order chi connectivity index (χ1) is 12.4. The zero-order valence-corrected chi connectivity index (χ0v) is 15.1. The molecule has 2 aromatic heterocycles. The molecule has 4 rings (SSSR count). The molecule has 0 unspecified atom stereocenters. The Morgan fingerprint density at radius 1 is 1.15 bits per heavy atom. The summed E-state index contributed by atoms with van der Waals surface area (Å²) in [4.78, 5) is 24.5.